The van der Waals surface area contributed by atoms with Crippen LogP contribution in [0.25, 0.3) is 0 Å². The molecule has 12 nitrogen and oxygen atoms in total. The minimum Gasteiger partial charge on any atom is -0.497 e. The minimum absolute atomic E-state index is 0.0375. The molecule has 2 saturated heterocycles. The van der Waals surface area contributed by atoms with E-state index in [1.165, 1.54) is 14.2 Å². The lowest BCUT2D eigenvalue weighted by Gasteiger charge is -2.47. The van der Waals surface area contributed by atoms with E-state index in [0.29, 0.717) is 30.8 Å². The van der Waals surface area contributed by atoms with Crippen molar-refractivity contribution in [2.75, 3.05) is 68.5 Å². The van der Waals surface area contributed by atoms with Crippen LogP contribution in [0.4, 0.5) is 43.5 Å². The fourth-order valence-electron chi connectivity index (χ4n) is 6.90. The number of rotatable bonds is 8. The van der Waals surface area contributed by atoms with Crippen LogP contribution in [0.15, 0.2) is 47.5 Å². The summed E-state index contributed by atoms with van der Waals surface area (Å²) >= 11 is 0. The summed E-state index contributed by atoms with van der Waals surface area (Å²) in [6.45, 7) is 3.09. The average Bonchev–Trinajstić information content (AvgIpc) is 3.55. The molecule has 1 aromatic carbocycles. The Morgan fingerprint density at radius 1 is 1.02 bits per heavy atom. The molecule has 0 bridgehead atoms. The van der Waals surface area contributed by atoms with Crippen molar-refractivity contribution in [1.82, 2.24) is 24.6 Å². The van der Waals surface area contributed by atoms with E-state index in [9.17, 15) is 40.7 Å². The molecule has 3 atom stereocenters. The molecule has 2 amide bonds. The lowest BCUT2D eigenvalue weighted by molar-refractivity contribution is -0.139. The minimum atomic E-state index is -4.95. The highest BCUT2D eigenvalue weighted by atomic mass is 19.4. The highest BCUT2D eigenvalue weighted by Crippen LogP contribution is 2.40. The Morgan fingerprint density at radius 3 is 2.41 bits per heavy atom. The number of pyridine rings is 1. The number of carbonyl (C=O) groups is 2. The highest BCUT2D eigenvalue weighted by molar-refractivity contribution is 6.05. The molecule has 2 fully saturated rings. The van der Waals surface area contributed by atoms with Gasteiger partial charge in [-0.1, -0.05) is 12.1 Å². The quantitative estimate of drug-likeness (QED) is 0.349. The van der Waals surface area contributed by atoms with E-state index in [1.807, 2.05) is 4.90 Å². The van der Waals surface area contributed by atoms with Crippen molar-refractivity contribution in [3.8, 4) is 5.75 Å². The third-order valence-corrected chi connectivity index (χ3v) is 9.49. The zero-order valence-corrected chi connectivity index (χ0v) is 28.0. The summed E-state index contributed by atoms with van der Waals surface area (Å²) in [4.78, 5) is 50.2. The lowest BCUT2D eigenvalue weighted by Crippen LogP contribution is -2.63. The number of likely N-dealkylation sites (N-methyl/N-ethyl adjacent to an activating group) is 1. The molecule has 3 aliphatic rings. The summed E-state index contributed by atoms with van der Waals surface area (Å²) in [5, 5.41) is 6.79. The smallest absolute Gasteiger partial charge is 0.423 e. The number of ether oxygens (including phenoxy) is 1. The molecule has 0 spiro atoms. The van der Waals surface area contributed by atoms with Crippen molar-refractivity contribution in [2.24, 2.45) is 5.92 Å². The Bertz CT molecular complexity index is 1850. The number of methoxy groups -OCH3 is 1. The number of hydrogen-bond acceptors (Lipinski definition) is 9. The van der Waals surface area contributed by atoms with Crippen LogP contribution in [0.5, 0.6) is 5.75 Å². The van der Waals surface area contributed by atoms with Gasteiger partial charge in [0.2, 0.25) is 5.91 Å². The summed E-state index contributed by atoms with van der Waals surface area (Å²) in [6.07, 6.45) is -7.35. The van der Waals surface area contributed by atoms with Gasteiger partial charge in [0.15, 0.2) is 5.82 Å². The molecule has 0 radical (unpaired) electrons. The van der Waals surface area contributed by atoms with Gasteiger partial charge in [0.05, 0.1) is 49.3 Å². The molecule has 3 unspecified atom stereocenters. The van der Waals surface area contributed by atoms with Crippen LogP contribution < -0.4 is 25.4 Å². The van der Waals surface area contributed by atoms with E-state index < -0.39 is 58.6 Å². The fourth-order valence-corrected chi connectivity index (χ4v) is 6.90. The van der Waals surface area contributed by atoms with Gasteiger partial charge in [0.1, 0.15) is 17.4 Å². The summed E-state index contributed by atoms with van der Waals surface area (Å²) in [6, 6.07) is 6.06. The molecule has 2 aromatic heterocycles. The van der Waals surface area contributed by atoms with Crippen LogP contribution in [-0.4, -0.2) is 102 Å². The molecule has 3 aliphatic heterocycles. The number of piperazine rings is 1. The highest BCUT2D eigenvalue weighted by Gasteiger charge is 2.45. The SMILES string of the molecule is COc1ccc(Cn2ncc(NC(C)CN3CCC(C(=O)N4CCN5c6ncc(C(F)(F)F)cc6N(C)C(=O)C5C4)C3)c(C(F)(F)F)c2=O)cc1. The summed E-state index contributed by atoms with van der Waals surface area (Å²) < 4.78 is 88.2. The number of amides is 2. The topological polar surface area (TPSA) is 116 Å². The van der Waals surface area contributed by atoms with Crippen molar-refractivity contribution in [1.29, 1.82) is 0 Å². The van der Waals surface area contributed by atoms with Gasteiger partial charge in [-0.2, -0.15) is 31.4 Å². The normalized spacial score (nSPS) is 20.3. The maximum atomic E-state index is 14.2. The predicted molar refractivity (Wildman–Crippen MR) is 174 cm³/mol. The van der Waals surface area contributed by atoms with E-state index in [0.717, 1.165) is 28.0 Å². The second-order valence-electron chi connectivity index (χ2n) is 13.0. The van der Waals surface area contributed by atoms with Crippen LogP contribution in [0.2, 0.25) is 0 Å². The molecular weight excluding hydrogens is 686 g/mol. The number of nitrogens with one attached hydrogen (secondary N) is 1. The van der Waals surface area contributed by atoms with E-state index in [-0.39, 0.29) is 50.1 Å². The standard InChI is InChI=1S/C33H36F6N8O4/c1-19(42-24-14-41-47(31(50)27(24)33(37,38)39)16-20-4-6-23(51-3)7-5-20)15-44-9-8-21(17-44)29(48)45-10-11-46-26(18-45)30(49)43(2)25-12-22(32(34,35)36)13-40-28(25)46/h4-7,12-14,19,21,26,42H,8-11,15-18H2,1-3H3. The Labute approximate surface area is 288 Å². The van der Waals surface area contributed by atoms with Crippen LogP contribution >= 0.6 is 0 Å². The van der Waals surface area contributed by atoms with Crippen molar-refractivity contribution >= 4 is 29.0 Å². The predicted octanol–water partition coefficient (Wildman–Crippen LogP) is 3.55. The first kappa shape index (κ1) is 35.9. The number of halogens is 6. The van der Waals surface area contributed by atoms with Gasteiger partial charge in [-0.3, -0.25) is 14.4 Å². The zero-order chi connectivity index (χ0) is 36.8. The van der Waals surface area contributed by atoms with Crippen LogP contribution in [-0.2, 0) is 28.5 Å². The Morgan fingerprint density at radius 2 is 1.75 bits per heavy atom. The second-order valence-corrected chi connectivity index (χ2v) is 13.0. The van der Waals surface area contributed by atoms with Gasteiger partial charge in [0.25, 0.3) is 11.5 Å². The number of alkyl halides is 6. The number of aromatic nitrogens is 3. The van der Waals surface area contributed by atoms with E-state index in [4.69, 9.17) is 4.74 Å². The first-order valence-electron chi connectivity index (χ1n) is 16.2. The average molecular weight is 723 g/mol. The molecule has 51 heavy (non-hydrogen) atoms. The number of fused-ring (bicyclic) bond motifs is 3. The van der Waals surface area contributed by atoms with Gasteiger partial charge < -0.3 is 29.7 Å². The van der Waals surface area contributed by atoms with Crippen molar-refractivity contribution in [3.05, 3.63) is 69.8 Å². The fraction of sp³-hybridized carbons (Fsp3) is 0.485. The van der Waals surface area contributed by atoms with Gasteiger partial charge in [-0.05, 0) is 43.7 Å². The monoisotopic (exact) mass is 722 g/mol. The van der Waals surface area contributed by atoms with Crippen LogP contribution in [0, 0.1) is 5.92 Å². The number of carbonyl (C=O) groups excluding carboxylic acids is 2. The summed E-state index contributed by atoms with van der Waals surface area (Å²) in [5.41, 5.74) is -3.43. The van der Waals surface area contributed by atoms with E-state index in [1.54, 1.807) is 41.0 Å². The van der Waals surface area contributed by atoms with Crippen molar-refractivity contribution in [3.63, 3.8) is 0 Å². The Balaban J connectivity index is 1.07. The summed E-state index contributed by atoms with van der Waals surface area (Å²) in [7, 11) is 2.86. The van der Waals surface area contributed by atoms with Crippen LogP contribution in [0.1, 0.15) is 30.0 Å². The van der Waals surface area contributed by atoms with Gasteiger partial charge in [0, 0.05) is 45.5 Å². The lowest BCUT2D eigenvalue weighted by atomic mass is 10.0. The number of nitrogens with zero attached hydrogens (tertiary/aromatic N) is 7. The van der Waals surface area contributed by atoms with Gasteiger partial charge in [-0.15, -0.1) is 0 Å². The number of hydrogen-bond donors (Lipinski definition) is 1. The number of anilines is 3. The molecule has 18 heteroatoms. The third kappa shape index (κ3) is 7.31. The second kappa shape index (κ2) is 13.7. The zero-order valence-electron chi connectivity index (χ0n) is 28.0. The summed E-state index contributed by atoms with van der Waals surface area (Å²) in [5.74, 6) is -0.244. The molecule has 274 valence electrons. The number of likely N-dealkylation sites (tertiary alicyclic amines) is 1. The molecule has 0 saturated carbocycles. The third-order valence-electron chi connectivity index (χ3n) is 9.49. The Hall–Kier alpha value is -4.87. The van der Waals surface area contributed by atoms with Gasteiger partial charge in [-0.25, -0.2) is 9.67 Å². The molecule has 5 heterocycles. The Kier molecular flexibility index (Phi) is 9.65. The van der Waals surface area contributed by atoms with E-state index >= 15 is 0 Å². The molecule has 0 aliphatic carbocycles. The van der Waals surface area contributed by atoms with Crippen molar-refractivity contribution in [2.45, 2.75) is 44.3 Å². The number of benzene rings is 1. The van der Waals surface area contributed by atoms with Crippen molar-refractivity contribution < 1.29 is 40.7 Å². The first-order chi connectivity index (χ1) is 24.0. The first-order valence-corrected chi connectivity index (χ1v) is 16.2. The molecule has 3 aromatic rings. The van der Waals surface area contributed by atoms with Gasteiger partial charge >= 0.3 is 12.4 Å². The van der Waals surface area contributed by atoms with Crippen LogP contribution in [0.3, 0.4) is 0 Å². The largest absolute Gasteiger partial charge is 0.497 e. The maximum Gasteiger partial charge on any atom is 0.423 e. The van der Waals surface area contributed by atoms with E-state index in [2.05, 4.69) is 15.4 Å². The maximum absolute atomic E-state index is 14.2. The molecular formula is C33H36F6N8O4. The molecule has 1 N–H and O–H groups in total. The molecule has 6 rings (SSSR count).